The van der Waals surface area contributed by atoms with Gasteiger partial charge in [-0.25, -0.2) is 15.0 Å². The van der Waals surface area contributed by atoms with E-state index < -0.39 is 0 Å². The number of benzene rings is 1. The lowest BCUT2D eigenvalue weighted by Gasteiger charge is -2.19. The van der Waals surface area contributed by atoms with Gasteiger partial charge >= 0.3 is 0 Å². The Morgan fingerprint density at radius 2 is 2.12 bits per heavy atom. The number of aromatic nitrogens is 3. The average molecular weight is 342 g/mol. The number of hydrogen-bond acceptors (Lipinski definition) is 6. The van der Waals surface area contributed by atoms with E-state index in [4.69, 9.17) is 22.1 Å². The highest BCUT2D eigenvalue weighted by Gasteiger charge is 2.21. The van der Waals surface area contributed by atoms with Crippen molar-refractivity contribution in [2.75, 3.05) is 17.7 Å². The number of hydrogen-bond donors (Lipinski definition) is 2. The van der Waals surface area contributed by atoms with Gasteiger partial charge in [0.1, 0.15) is 23.7 Å². The van der Waals surface area contributed by atoms with Gasteiger partial charge in [-0.1, -0.05) is 17.7 Å². The number of nitrogen functional groups attached to an aromatic ring is 1. The van der Waals surface area contributed by atoms with Gasteiger partial charge in [-0.05, 0) is 37.1 Å². The van der Waals surface area contributed by atoms with Crippen LogP contribution in [-0.4, -0.2) is 21.6 Å². The molecule has 1 aliphatic rings. The Hall–Kier alpha value is -2.60. The second kappa shape index (κ2) is 6.13. The van der Waals surface area contributed by atoms with Crippen molar-refractivity contribution >= 4 is 34.3 Å². The first-order valence-electron chi connectivity index (χ1n) is 7.77. The first-order valence-corrected chi connectivity index (χ1v) is 8.14. The Morgan fingerprint density at radius 3 is 3.04 bits per heavy atom. The van der Waals surface area contributed by atoms with Gasteiger partial charge in [0, 0.05) is 10.6 Å². The van der Waals surface area contributed by atoms with Crippen LogP contribution in [0.5, 0.6) is 5.75 Å². The maximum Gasteiger partial charge on any atom is 0.166 e. The van der Waals surface area contributed by atoms with Gasteiger partial charge in [-0.2, -0.15) is 0 Å². The summed E-state index contributed by atoms with van der Waals surface area (Å²) in [6.07, 6.45) is 3.37. The van der Waals surface area contributed by atoms with Crippen LogP contribution in [0.15, 0.2) is 36.7 Å². The highest BCUT2D eigenvalue weighted by molar-refractivity contribution is 6.30. The minimum absolute atomic E-state index is 0.0791. The molecule has 0 aliphatic carbocycles. The Morgan fingerprint density at radius 1 is 1.21 bits per heavy atom. The molecule has 0 amide bonds. The molecule has 24 heavy (non-hydrogen) atoms. The van der Waals surface area contributed by atoms with Crippen LogP contribution < -0.4 is 15.8 Å². The topological polar surface area (TPSA) is 86.0 Å². The molecule has 1 atom stereocenters. The van der Waals surface area contributed by atoms with E-state index in [0.717, 1.165) is 35.4 Å². The normalized spacial score (nSPS) is 17.0. The number of rotatable bonds is 2. The van der Waals surface area contributed by atoms with E-state index in [-0.39, 0.29) is 6.04 Å². The smallest absolute Gasteiger partial charge is 0.166 e. The second-order valence-electron chi connectivity index (χ2n) is 5.70. The molecule has 1 unspecified atom stereocenters. The molecule has 4 rings (SSSR count). The van der Waals surface area contributed by atoms with E-state index in [0.29, 0.717) is 23.1 Å². The molecule has 6 nitrogen and oxygen atoms in total. The maximum absolute atomic E-state index is 6.09. The highest BCUT2D eigenvalue weighted by Crippen LogP contribution is 2.36. The SMILES string of the molecule is Nc1ccc2c(NC3CCCOc4cc(Cl)ccc43)ncnc2n1. The van der Waals surface area contributed by atoms with E-state index in [1.54, 1.807) is 6.07 Å². The zero-order valence-electron chi connectivity index (χ0n) is 12.9. The van der Waals surface area contributed by atoms with E-state index in [9.17, 15) is 0 Å². The van der Waals surface area contributed by atoms with Crippen LogP contribution in [0.3, 0.4) is 0 Å². The van der Waals surface area contributed by atoms with Crippen LogP contribution in [0.1, 0.15) is 24.4 Å². The monoisotopic (exact) mass is 341 g/mol. The minimum Gasteiger partial charge on any atom is -0.493 e. The summed E-state index contributed by atoms with van der Waals surface area (Å²) in [6, 6.07) is 9.45. The molecule has 1 aromatic carbocycles. The van der Waals surface area contributed by atoms with Crippen LogP contribution >= 0.6 is 11.6 Å². The van der Waals surface area contributed by atoms with Crippen LogP contribution in [0.2, 0.25) is 5.02 Å². The number of anilines is 2. The molecule has 0 radical (unpaired) electrons. The lowest BCUT2D eigenvalue weighted by molar-refractivity contribution is 0.316. The second-order valence-corrected chi connectivity index (χ2v) is 6.14. The van der Waals surface area contributed by atoms with Gasteiger partial charge in [0.25, 0.3) is 0 Å². The predicted molar refractivity (Wildman–Crippen MR) is 94.3 cm³/mol. The largest absolute Gasteiger partial charge is 0.493 e. The van der Waals surface area contributed by atoms with Crippen molar-refractivity contribution in [2.45, 2.75) is 18.9 Å². The van der Waals surface area contributed by atoms with Crippen molar-refractivity contribution in [2.24, 2.45) is 0 Å². The fourth-order valence-corrected chi connectivity index (χ4v) is 3.10. The summed E-state index contributed by atoms with van der Waals surface area (Å²) in [4.78, 5) is 12.8. The van der Waals surface area contributed by atoms with Gasteiger partial charge in [0.2, 0.25) is 0 Å². The zero-order chi connectivity index (χ0) is 16.5. The standard InChI is InChI=1S/C17H16ClN5O/c18-10-3-4-11-13(2-1-7-24-14(11)8-10)22-16-12-5-6-15(19)23-17(12)21-9-20-16/h3-6,8-9,13H,1-2,7H2,(H3,19,20,21,22,23). The van der Waals surface area contributed by atoms with Gasteiger partial charge in [0.15, 0.2) is 5.65 Å². The molecule has 0 fully saturated rings. The third-order valence-corrected chi connectivity index (χ3v) is 4.31. The van der Waals surface area contributed by atoms with E-state index in [2.05, 4.69) is 20.3 Å². The molecule has 122 valence electrons. The fraction of sp³-hybridized carbons (Fsp3) is 0.235. The summed E-state index contributed by atoms with van der Waals surface area (Å²) < 4.78 is 5.81. The van der Waals surface area contributed by atoms with Crippen molar-refractivity contribution in [3.05, 3.63) is 47.2 Å². The molecule has 0 saturated carbocycles. The van der Waals surface area contributed by atoms with Gasteiger partial charge < -0.3 is 15.8 Å². The molecule has 2 aromatic heterocycles. The molecule has 0 spiro atoms. The van der Waals surface area contributed by atoms with E-state index in [1.807, 2.05) is 24.3 Å². The maximum atomic E-state index is 6.09. The van der Waals surface area contributed by atoms with Gasteiger partial charge in [-0.15, -0.1) is 0 Å². The van der Waals surface area contributed by atoms with Crippen LogP contribution in [0.4, 0.5) is 11.6 Å². The Bertz CT molecular complexity index is 901. The lowest BCUT2D eigenvalue weighted by atomic mass is 10.0. The number of nitrogens with zero attached hydrogens (tertiary/aromatic N) is 3. The van der Waals surface area contributed by atoms with Crippen LogP contribution in [-0.2, 0) is 0 Å². The molecule has 3 heterocycles. The predicted octanol–water partition coefficient (Wildman–Crippen LogP) is 3.59. The van der Waals surface area contributed by atoms with Crippen molar-refractivity contribution in [1.82, 2.24) is 15.0 Å². The quantitative estimate of drug-likeness (QED) is 0.740. The third-order valence-electron chi connectivity index (χ3n) is 4.08. The van der Waals surface area contributed by atoms with E-state index in [1.165, 1.54) is 6.33 Å². The van der Waals surface area contributed by atoms with Crippen molar-refractivity contribution < 1.29 is 4.74 Å². The number of nitrogens with two attached hydrogens (primary N) is 1. The highest BCUT2D eigenvalue weighted by atomic mass is 35.5. The number of fused-ring (bicyclic) bond motifs is 2. The Labute approximate surface area is 144 Å². The van der Waals surface area contributed by atoms with Crippen molar-refractivity contribution in [3.8, 4) is 5.75 Å². The van der Waals surface area contributed by atoms with Gasteiger partial charge in [-0.3, -0.25) is 0 Å². The molecular formula is C17H16ClN5O. The lowest BCUT2D eigenvalue weighted by Crippen LogP contribution is -2.12. The summed E-state index contributed by atoms with van der Waals surface area (Å²) in [5, 5.41) is 5.01. The third kappa shape index (κ3) is 2.80. The Balaban J connectivity index is 1.73. The first kappa shape index (κ1) is 15.0. The minimum atomic E-state index is 0.0791. The van der Waals surface area contributed by atoms with Gasteiger partial charge in [0.05, 0.1) is 18.0 Å². The summed E-state index contributed by atoms with van der Waals surface area (Å²) in [6.45, 7) is 0.675. The molecule has 7 heteroatoms. The number of pyridine rings is 1. The molecule has 1 aliphatic heterocycles. The zero-order valence-corrected chi connectivity index (χ0v) is 13.6. The van der Waals surface area contributed by atoms with Crippen LogP contribution in [0.25, 0.3) is 11.0 Å². The van der Waals surface area contributed by atoms with E-state index >= 15 is 0 Å². The molecule has 3 N–H and O–H groups in total. The molecular weight excluding hydrogens is 326 g/mol. The van der Waals surface area contributed by atoms with Crippen molar-refractivity contribution in [1.29, 1.82) is 0 Å². The fourth-order valence-electron chi connectivity index (χ4n) is 2.93. The summed E-state index contributed by atoms with van der Waals surface area (Å²) >= 11 is 6.09. The summed E-state index contributed by atoms with van der Waals surface area (Å²) in [5.41, 5.74) is 7.39. The Kier molecular flexibility index (Phi) is 3.82. The number of nitrogens with one attached hydrogen (secondary N) is 1. The first-order chi connectivity index (χ1) is 11.7. The van der Waals surface area contributed by atoms with Crippen LogP contribution in [0, 0.1) is 0 Å². The number of ether oxygens (including phenoxy) is 1. The number of halogens is 1. The molecule has 0 saturated heterocycles. The molecule has 3 aromatic rings. The van der Waals surface area contributed by atoms with Crippen molar-refractivity contribution in [3.63, 3.8) is 0 Å². The summed E-state index contributed by atoms with van der Waals surface area (Å²) in [7, 11) is 0. The summed E-state index contributed by atoms with van der Waals surface area (Å²) in [5.74, 6) is 1.99. The average Bonchev–Trinajstić information content (AvgIpc) is 2.76. The molecule has 0 bridgehead atoms.